The Morgan fingerprint density at radius 2 is 2.00 bits per heavy atom. The molecule has 1 aliphatic heterocycles. The van der Waals surface area contributed by atoms with Crippen LogP contribution in [0.2, 0.25) is 0 Å². The Hall–Kier alpha value is -0.630. The number of benzene rings is 1. The molecule has 2 unspecified atom stereocenters. The second-order valence-electron chi connectivity index (χ2n) is 5.38. The van der Waals surface area contributed by atoms with Gasteiger partial charge in [-0.05, 0) is 19.1 Å². The first-order valence-corrected chi connectivity index (χ1v) is 9.40. The lowest BCUT2D eigenvalue weighted by Crippen LogP contribution is -2.47. The highest BCUT2D eigenvalue weighted by atomic mass is 79.9. The van der Waals surface area contributed by atoms with E-state index in [0.717, 1.165) is 11.0 Å². The molecule has 1 heterocycles. The highest BCUT2D eigenvalue weighted by Gasteiger charge is 2.29. The average Bonchev–Trinajstić information content (AvgIpc) is 2.46. The minimum Gasteiger partial charge on any atom is -0.371 e. The van der Waals surface area contributed by atoms with Crippen LogP contribution in [-0.2, 0) is 14.8 Å². The standard InChI is InChI=1S/C14H21BrN2O3S/c1-11-9-17(10-12(8-15)20-11)13-6-4-5-7-14(13)21(18,19)16(2)3/h4-7,11-12H,8-10H2,1-3H3. The van der Waals surface area contributed by atoms with Crippen molar-refractivity contribution in [2.24, 2.45) is 0 Å². The summed E-state index contributed by atoms with van der Waals surface area (Å²) < 4.78 is 32.0. The molecular formula is C14H21BrN2O3S. The number of halogens is 1. The van der Waals surface area contributed by atoms with Gasteiger partial charge in [0, 0.05) is 32.5 Å². The van der Waals surface area contributed by atoms with Crippen LogP contribution in [0.15, 0.2) is 29.2 Å². The fraction of sp³-hybridized carbons (Fsp3) is 0.571. The van der Waals surface area contributed by atoms with Gasteiger partial charge in [-0.15, -0.1) is 0 Å². The van der Waals surface area contributed by atoms with Crippen LogP contribution in [-0.4, -0.2) is 57.4 Å². The first-order valence-electron chi connectivity index (χ1n) is 6.84. The van der Waals surface area contributed by atoms with E-state index < -0.39 is 10.0 Å². The molecule has 0 amide bonds. The monoisotopic (exact) mass is 376 g/mol. The van der Waals surface area contributed by atoms with E-state index >= 15 is 0 Å². The van der Waals surface area contributed by atoms with Crippen LogP contribution in [0.25, 0.3) is 0 Å². The summed E-state index contributed by atoms with van der Waals surface area (Å²) in [4.78, 5) is 2.44. The summed E-state index contributed by atoms with van der Waals surface area (Å²) in [5, 5.41) is 0.733. The third-order valence-electron chi connectivity index (χ3n) is 3.46. The van der Waals surface area contributed by atoms with Gasteiger partial charge in [-0.1, -0.05) is 28.1 Å². The zero-order chi connectivity index (χ0) is 15.6. The molecule has 1 aliphatic rings. The molecule has 0 saturated carbocycles. The van der Waals surface area contributed by atoms with Crippen molar-refractivity contribution < 1.29 is 13.2 Å². The van der Waals surface area contributed by atoms with Crippen LogP contribution in [0.1, 0.15) is 6.92 Å². The lowest BCUT2D eigenvalue weighted by Gasteiger charge is -2.38. The van der Waals surface area contributed by atoms with Crippen LogP contribution < -0.4 is 4.90 Å². The Morgan fingerprint density at radius 3 is 2.62 bits per heavy atom. The quantitative estimate of drug-likeness (QED) is 0.753. The maximum atomic E-state index is 12.5. The van der Waals surface area contributed by atoms with Crippen molar-refractivity contribution >= 4 is 31.6 Å². The molecule has 2 atom stereocenters. The molecule has 2 rings (SSSR count). The van der Waals surface area contributed by atoms with Gasteiger partial charge in [0.2, 0.25) is 10.0 Å². The van der Waals surface area contributed by atoms with Crippen molar-refractivity contribution in [3.8, 4) is 0 Å². The summed E-state index contributed by atoms with van der Waals surface area (Å²) in [5.74, 6) is 0. The van der Waals surface area contributed by atoms with Gasteiger partial charge in [0.05, 0.1) is 17.9 Å². The highest BCUT2D eigenvalue weighted by molar-refractivity contribution is 9.09. The van der Waals surface area contributed by atoms with Crippen molar-refractivity contribution in [1.29, 1.82) is 0 Å². The Labute approximate surface area is 135 Å². The minimum absolute atomic E-state index is 0.0591. The molecular weight excluding hydrogens is 356 g/mol. The maximum absolute atomic E-state index is 12.5. The van der Waals surface area contributed by atoms with Crippen molar-refractivity contribution in [1.82, 2.24) is 4.31 Å². The predicted octanol–water partition coefficient (Wildman–Crippen LogP) is 1.93. The number of hydrogen-bond donors (Lipinski definition) is 0. The largest absolute Gasteiger partial charge is 0.371 e. The molecule has 118 valence electrons. The fourth-order valence-corrected chi connectivity index (χ4v) is 3.92. The molecule has 0 aliphatic carbocycles. The molecule has 1 aromatic rings. The molecule has 5 nitrogen and oxygen atoms in total. The van der Waals surface area contributed by atoms with Gasteiger partial charge >= 0.3 is 0 Å². The SMILES string of the molecule is CC1CN(c2ccccc2S(=O)(=O)N(C)C)CC(CBr)O1. The predicted molar refractivity (Wildman–Crippen MR) is 87.7 cm³/mol. The van der Waals surface area contributed by atoms with Gasteiger partial charge in [0.25, 0.3) is 0 Å². The van der Waals surface area contributed by atoms with Gasteiger partial charge in [-0.3, -0.25) is 0 Å². The van der Waals surface area contributed by atoms with Crippen LogP contribution in [0.4, 0.5) is 5.69 Å². The second-order valence-corrected chi connectivity index (χ2v) is 8.15. The summed E-state index contributed by atoms with van der Waals surface area (Å²) in [5.41, 5.74) is 0.743. The number of hydrogen-bond acceptors (Lipinski definition) is 4. The number of anilines is 1. The molecule has 0 N–H and O–H groups in total. The van der Waals surface area contributed by atoms with Gasteiger partial charge in [0.15, 0.2) is 0 Å². The van der Waals surface area contributed by atoms with E-state index in [0.29, 0.717) is 18.0 Å². The summed E-state index contributed by atoms with van der Waals surface area (Å²) in [6, 6.07) is 7.15. The van der Waals surface area contributed by atoms with Crippen molar-refractivity contribution in [2.45, 2.75) is 24.0 Å². The number of nitrogens with zero attached hydrogens (tertiary/aromatic N) is 2. The van der Waals surface area contributed by atoms with E-state index in [9.17, 15) is 8.42 Å². The number of rotatable bonds is 4. The molecule has 1 aromatic carbocycles. The second kappa shape index (κ2) is 6.64. The van der Waals surface area contributed by atoms with Gasteiger partial charge in [0.1, 0.15) is 4.90 Å². The number of alkyl halides is 1. The smallest absolute Gasteiger partial charge is 0.244 e. The lowest BCUT2D eigenvalue weighted by molar-refractivity contribution is -0.00215. The summed E-state index contributed by atoms with van der Waals surface area (Å²) in [6.07, 6.45) is 0.125. The molecule has 0 bridgehead atoms. The van der Waals surface area contributed by atoms with Gasteiger partial charge in [-0.25, -0.2) is 12.7 Å². The van der Waals surface area contributed by atoms with Crippen LogP contribution in [0, 0.1) is 0 Å². The van der Waals surface area contributed by atoms with Gasteiger partial charge < -0.3 is 9.64 Å². The zero-order valence-electron chi connectivity index (χ0n) is 12.5. The molecule has 1 fully saturated rings. The van der Waals surface area contributed by atoms with Crippen LogP contribution >= 0.6 is 15.9 Å². The summed E-state index contributed by atoms with van der Waals surface area (Å²) in [7, 11) is -0.358. The third-order valence-corrected chi connectivity index (χ3v) is 6.05. The van der Waals surface area contributed by atoms with Crippen LogP contribution in [0.5, 0.6) is 0 Å². The third kappa shape index (κ3) is 3.59. The summed E-state index contributed by atoms with van der Waals surface area (Å²) >= 11 is 3.44. The molecule has 0 spiro atoms. The minimum atomic E-state index is -3.46. The summed E-state index contributed by atoms with van der Waals surface area (Å²) in [6.45, 7) is 3.36. The molecule has 21 heavy (non-hydrogen) atoms. The number of ether oxygens (including phenoxy) is 1. The number of sulfonamides is 1. The maximum Gasteiger partial charge on any atom is 0.244 e. The molecule has 7 heteroatoms. The van der Waals surface area contributed by atoms with E-state index in [2.05, 4.69) is 20.8 Å². The Morgan fingerprint density at radius 1 is 1.33 bits per heavy atom. The highest BCUT2D eigenvalue weighted by Crippen LogP contribution is 2.29. The average molecular weight is 377 g/mol. The lowest BCUT2D eigenvalue weighted by atomic mass is 10.2. The van der Waals surface area contributed by atoms with E-state index in [1.807, 2.05) is 19.1 Å². The van der Waals surface area contributed by atoms with E-state index in [4.69, 9.17) is 4.74 Å². The molecule has 0 radical (unpaired) electrons. The van der Waals surface area contributed by atoms with E-state index in [1.165, 1.54) is 4.31 Å². The molecule has 0 aromatic heterocycles. The zero-order valence-corrected chi connectivity index (χ0v) is 14.9. The first-order chi connectivity index (χ1) is 9.86. The Bertz CT molecular complexity index is 592. The van der Waals surface area contributed by atoms with Crippen LogP contribution in [0.3, 0.4) is 0 Å². The van der Waals surface area contributed by atoms with Crippen molar-refractivity contribution in [3.63, 3.8) is 0 Å². The van der Waals surface area contributed by atoms with Gasteiger partial charge in [-0.2, -0.15) is 0 Å². The number of para-hydroxylation sites is 1. The van der Waals surface area contributed by atoms with E-state index in [1.54, 1.807) is 26.2 Å². The Kier molecular flexibility index (Phi) is 5.29. The molecule has 1 saturated heterocycles. The normalized spacial score (nSPS) is 23.6. The topological polar surface area (TPSA) is 49.9 Å². The number of morpholine rings is 1. The van der Waals surface area contributed by atoms with Crippen molar-refractivity contribution in [3.05, 3.63) is 24.3 Å². The van der Waals surface area contributed by atoms with E-state index in [-0.39, 0.29) is 12.2 Å². The van der Waals surface area contributed by atoms with Crippen molar-refractivity contribution in [2.75, 3.05) is 37.4 Å². The first kappa shape index (κ1) is 16.7. The fourth-order valence-electron chi connectivity index (χ4n) is 2.46. The Balaban J connectivity index is 2.41.